The van der Waals surface area contributed by atoms with Gasteiger partial charge in [-0.2, -0.15) is 0 Å². The van der Waals surface area contributed by atoms with Crippen molar-refractivity contribution in [1.82, 2.24) is 4.90 Å². The molecule has 1 fully saturated rings. The van der Waals surface area contributed by atoms with Crippen LogP contribution in [-0.4, -0.2) is 21.2 Å². The van der Waals surface area contributed by atoms with Gasteiger partial charge in [-0.15, -0.1) is 0 Å². The second kappa shape index (κ2) is 3.50. The molecule has 1 aliphatic heterocycles. The summed E-state index contributed by atoms with van der Waals surface area (Å²) >= 11 is 3.55. The van der Waals surface area contributed by atoms with E-state index in [1.807, 2.05) is 0 Å². The number of carbonyl (C=O) groups is 2. The Morgan fingerprint density at radius 3 is 2.07 bits per heavy atom. The van der Waals surface area contributed by atoms with Crippen LogP contribution >= 0.6 is 15.9 Å². The van der Waals surface area contributed by atoms with Gasteiger partial charge in [-0.1, -0.05) is 35.2 Å². The van der Waals surface area contributed by atoms with E-state index in [0.29, 0.717) is 0 Å². The van der Waals surface area contributed by atoms with E-state index in [9.17, 15) is 9.59 Å². The van der Waals surface area contributed by atoms with Gasteiger partial charge in [-0.25, -0.2) is 0 Å². The number of amides is 2. The fourth-order valence-corrected chi connectivity index (χ4v) is 3.02. The van der Waals surface area contributed by atoms with Gasteiger partial charge in [0.15, 0.2) is 0 Å². The maximum Gasteiger partial charge on any atom is 0.254 e. The number of alkyl halides is 1. The minimum absolute atomic E-state index is 0.186. The lowest BCUT2D eigenvalue weighted by molar-refractivity contribution is -0.141. The number of halogens is 1. The number of nitrogens with zero attached hydrogens (tertiary/aromatic N) is 1. The van der Waals surface area contributed by atoms with Crippen LogP contribution in [0.5, 0.6) is 0 Å². The second-order valence-electron chi connectivity index (χ2n) is 3.82. The zero-order valence-corrected chi connectivity index (χ0v) is 9.42. The molecule has 1 heterocycles. The number of imide groups is 1. The highest BCUT2D eigenvalue weighted by atomic mass is 79.9. The Kier molecular flexibility index (Phi) is 2.47. The second-order valence-corrected chi connectivity index (χ2v) is 5.30. The van der Waals surface area contributed by atoms with E-state index in [0.717, 1.165) is 25.7 Å². The highest BCUT2D eigenvalue weighted by molar-refractivity contribution is 9.10. The highest BCUT2D eigenvalue weighted by Crippen LogP contribution is 2.40. The maximum atomic E-state index is 11.5. The van der Waals surface area contributed by atoms with Crippen molar-refractivity contribution >= 4 is 27.7 Å². The summed E-state index contributed by atoms with van der Waals surface area (Å²) in [7, 11) is 0. The van der Waals surface area contributed by atoms with Crippen LogP contribution < -0.4 is 0 Å². The Morgan fingerprint density at radius 2 is 1.57 bits per heavy atom. The molecule has 0 spiro atoms. The fourth-order valence-electron chi connectivity index (χ4n) is 2.11. The Hall–Kier alpha value is -0.640. The largest absolute Gasteiger partial charge is 0.269 e. The Morgan fingerprint density at radius 1 is 1.07 bits per heavy atom. The summed E-state index contributed by atoms with van der Waals surface area (Å²) in [4.78, 5) is 24.3. The first kappa shape index (κ1) is 9.90. The molecular formula is C10H12BrNO2. The normalized spacial score (nSPS) is 25.9. The van der Waals surface area contributed by atoms with Crippen LogP contribution in [-0.2, 0) is 9.59 Å². The van der Waals surface area contributed by atoms with Gasteiger partial charge in [0.2, 0.25) is 0 Å². The number of carbonyl (C=O) groups excluding carboxylic acids is 2. The summed E-state index contributed by atoms with van der Waals surface area (Å²) < 4.78 is -0.414. The van der Waals surface area contributed by atoms with Crippen LogP contribution in [0, 0.1) is 0 Å². The summed E-state index contributed by atoms with van der Waals surface area (Å²) in [6, 6.07) is 0. The summed E-state index contributed by atoms with van der Waals surface area (Å²) in [5, 5.41) is 0. The summed E-state index contributed by atoms with van der Waals surface area (Å²) in [6.07, 6.45) is 7.76. The molecule has 2 amide bonds. The molecule has 1 aliphatic carbocycles. The first-order chi connectivity index (χ1) is 6.63. The molecule has 0 aromatic rings. The molecule has 0 aromatic heterocycles. The van der Waals surface area contributed by atoms with Gasteiger partial charge in [0.05, 0.1) is 0 Å². The van der Waals surface area contributed by atoms with E-state index in [-0.39, 0.29) is 11.8 Å². The van der Waals surface area contributed by atoms with Gasteiger partial charge < -0.3 is 0 Å². The predicted octanol–water partition coefficient (Wildman–Crippen LogP) is 1.97. The van der Waals surface area contributed by atoms with Crippen LogP contribution in [0.15, 0.2) is 12.2 Å². The van der Waals surface area contributed by atoms with Crippen molar-refractivity contribution in [3.8, 4) is 0 Å². The van der Waals surface area contributed by atoms with Crippen molar-refractivity contribution < 1.29 is 9.59 Å². The van der Waals surface area contributed by atoms with E-state index < -0.39 is 4.45 Å². The monoisotopic (exact) mass is 257 g/mol. The Bertz CT molecular complexity index is 287. The molecule has 76 valence electrons. The van der Waals surface area contributed by atoms with Gasteiger partial charge in [0.1, 0.15) is 4.45 Å². The van der Waals surface area contributed by atoms with Gasteiger partial charge in [0, 0.05) is 12.2 Å². The van der Waals surface area contributed by atoms with Crippen LogP contribution in [0.1, 0.15) is 32.1 Å². The minimum atomic E-state index is -0.414. The molecule has 14 heavy (non-hydrogen) atoms. The molecule has 0 atom stereocenters. The molecule has 2 rings (SSSR count). The van der Waals surface area contributed by atoms with E-state index in [1.54, 1.807) is 0 Å². The lowest BCUT2D eigenvalue weighted by Crippen LogP contribution is -2.48. The number of hydrogen-bond donors (Lipinski definition) is 0. The minimum Gasteiger partial charge on any atom is -0.269 e. The molecule has 0 bridgehead atoms. The number of hydrogen-bond acceptors (Lipinski definition) is 2. The Labute approximate surface area is 91.3 Å². The van der Waals surface area contributed by atoms with Gasteiger partial charge in [-0.05, 0) is 12.8 Å². The summed E-state index contributed by atoms with van der Waals surface area (Å²) in [5.41, 5.74) is 0. The topological polar surface area (TPSA) is 37.4 Å². The van der Waals surface area contributed by atoms with E-state index in [4.69, 9.17) is 0 Å². The average molecular weight is 258 g/mol. The van der Waals surface area contributed by atoms with Crippen molar-refractivity contribution in [3.05, 3.63) is 12.2 Å². The zero-order chi connectivity index (χ0) is 10.2. The summed E-state index contributed by atoms with van der Waals surface area (Å²) in [6.45, 7) is 0. The van der Waals surface area contributed by atoms with Gasteiger partial charge in [0.25, 0.3) is 11.8 Å². The van der Waals surface area contributed by atoms with Crippen molar-refractivity contribution in [1.29, 1.82) is 0 Å². The molecule has 0 unspecified atom stereocenters. The predicted molar refractivity (Wildman–Crippen MR) is 55.7 cm³/mol. The summed E-state index contributed by atoms with van der Waals surface area (Å²) in [5.74, 6) is -0.373. The molecule has 0 saturated heterocycles. The molecule has 0 aromatic carbocycles. The van der Waals surface area contributed by atoms with Crippen LogP contribution in [0.2, 0.25) is 0 Å². The third-order valence-electron chi connectivity index (χ3n) is 2.83. The first-order valence-corrected chi connectivity index (χ1v) is 5.68. The molecular weight excluding hydrogens is 246 g/mol. The standard InChI is InChI=1S/C10H12BrNO2/c11-10(6-2-1-3-7-10)12-8(13)4-5-9(12)14/h4-5H,1-3,6-7H2. The van der Waals surface area contributed by atoms with Crippen molar-refractivity contribution in [2.24, 2.45) is 0 Å². The van der Waals surface area contributed by atoms with Crippen molar-refractivity contribution in [2.45, 2.75) is 36.6 Å². The maximum absolute atomic E-state index is 11.5. The van der Waals surface area contributed by atoms with Crippen LogP contribution in [0.3, 0.4) is 0 Å². The smallest absolute Gasteiger partial charge is 0.254 e. The third-order valence-corrected chi connectivity index (χ3v) is 3.98. The van der Waals surface area contributed by atoms with E-state index in [1.165, 1.54) is 23.5 Å². The van der Waals surface area contributed by atoms with Gasteiger partial charge in [-0.3, -0.25) is 14.5 Å². The molecule has 0 radical (unpaired) electrons. The fraction of sp³-hybridized carbons (Fsp3) is 0.600. The van der Waals surface area contributed by atoms with Crippen molar-refractivity contribution in [2.75, 3.05) is 0 Å². The molecule has 4 heteroatoms. The number of rotatable bonds is 1. The van der Waals surface area contributed by atoms with Crippen LogP contribution in [0.25, 0.3) is 0 Å². The molecule has 3 nitrogen and oxygen atoms in total. The quantitative estimate of drug-likeness (QED) is 0.409. The van der Waals surface area contributed by atoms with Crippen LogP contribution in [0.4, 0.5) is 0 Å². The lowest BCUT2D eigenvalue weighted by atomic mass is 9.94. The highest BCUT2D eigenvalue weighted by Gasteiger charge is 2.42. The first-order valence-electron chi connectivity index (χ1n) is 4.89. The Balaban J connectivity index is 2.20. The van der Waals surface area contributed by atoms with E-state index >= 15 is 0 Å². The van der Waals surface area contributed by atoms with E-state index in [2.05, 4.69) is 15.9 Å². The average Bonchev–Trinajstić information content (AvgIpc) is 2.48. The van der Waals surface area contributed by atoms with Crippen molar-refractivity contribution in [3.63, 3.8) is 0 Å². The zero-order valence-electron chi connectivity index (χ0n) is 7.83. The lowest BCUT2D eigenvalue weighted by Gasteiger charge is -2.38. The third kappa shape index (κ3) is 1.52. The molecule has 1 saturated carbocycles. The SMILES string of the molecule is O=C1C=CC(=O)N1C1(Br)CCCCC1. The van der Waals surface area contributed by atoms with Gasteiger partial charge >= 0.3 is 0 Å². The molecule has 0 N–H and O–H groups in total. The molecule has 2 aliphatic rings.